The number of anilines is 1. The number of rotatable bonds is 6. The molecule has 1 aliphatic heterocycles. The summed E-state index contributed by atoms with van der Waals surface area (Å²) in [5.74, 6) is 0.911. The van der Waals surface area contributed by atoms with Crippen LogP contribution >= 0.6 is 0 Å². The van der Waals surface area contributed by atoms with Crippen molar-refractivity contribution in [3.8, 4) is 11.5 Å². The van der Waals surface area contributed by atoms with Crippen molar-refractivity contribution in [3.63, 3.8) is 0 Å². The van der Waals surface area contributed by atoms with Gasteiger partial charge in [0.1, 0.15) is 6.54 Å². The van der Waals surface area contributed by atoms with Crippen molar-refractivity contribution in [2.45, 2.75) is 13.5 Å². The number of fused-ring (bicyclic) bond motifs is 1. The van der Waals surface area contributed by atoms with Crippen LogP contribution in [-0.4, -0.2) is 33.9 Å². The number of hydrogen-bond acceptors (Lipinski definition) is 5. The van der Waals surface area contributed by atoms with Crippen LogP contribution in [0.15, 0.2) is 42.5 Å². The van der Waals surface area contributed by atoms with E-state index in [2.05, 4.69) is 5.32 Å². The molecule has 1 N–H and O–H groups in total. The van der Waals surface area contributed by atoms with Crippen LogP contribution in [0, 0.1) is 6.92 Å². The quantitative estimate of drug-likeness (QED) is 0.831. The van der Waals surface area contributed by atoms with E-state index in [9.17, 15) is 13.2 Å². The minimum Gasteiger partial charge on any atom is -0.454 e. The third kappa shape index (κ3) is 4.08. The number of amides is 1. The normalized spacial score (nSPS) is 12.7. The van der Waals surface area contributed by atoms with Gasteiger partial charge in [-0.15, -0.1) is 0 Å². The van der Waals surface area contributed by atoms with E-state index in [4.69, 9.17) is 9.47 Å². The monoisotopic (exact) mass is 376 g/mol. The topological polar surface area (TPSA) is 84.9 Å². The van der Waals surface area contributed by atoms with Gasteiger partial charge in [-0.1, -0.05) is 24.3 Å². The Morgan fingerprint density at radius 1 is 1.15 bits per heavy atom. The molecule has 0 aromatic heterocycles. The number of nitrogens with zero attached hydrogens (tertiary/aromatic N) is 1. The Morgan fingerprint density at radius 3 is 2.62 bits per heavy atom. The Hall–Kier alpha value is -2.74. The molecule has 26 heavy (non-hydrogen) atoms. The zero-order chi connectivity index (χ0) is 18.7. The Balaban J connectivity index is 1.68. The molecule has 0 aliphatic carbocycles. The highest BCUT2D eigenvalue weighted by Gasteiger charge is 2.22. The molecule has 2 aromatic carbocycles. The highest BCUT2D eigenvalue weighted by Crippen LogP contribution is 2.32. The number of para-hydroxylation sites is 1. The lowest BCUT2D eigenvalue weighted by molar-refractivity contribution is -0.119. The van der Waals surface area contributed by atoms with Gasteiger partial charge in [0.2, 0.25) is 22.7 Å². The van der Waals surface area contributed by atoms with E-state index in [1.807, 2.05) is 12.1 Å². The molecule has 0 unspecified atom stereocenters. The van der Waals surface area contributed by atoms with E-state index < -0.39 is 15.9 Å². The fraction of sp³-hybridized carbons (Fsp3) is 0.278. The first-order valence-electron chi connectivity index (χ1n) is 8.03. The number of carbonyl (C=O) groups is 1. The van der Waals surface area contributed by atoms with Crippen LogP contribution in [0.4, 0.5) is 5.69 Å². The van der Waals surface area contributed by atoms with Crippen molar-refractivity contribution in [1.29, 1.82) is 0 Å². The van der Waals surface area contributed by atoms with Crippen LogP contribution < -0.4 is 19.1 Å². The number of hydrogen-bond donors (Lipinski definition) is 1. The molecule has 2 aromatic rings. The Bertz CT molecular complexity index is 927. The second-order valence-corrected chi connectivity index (χ2v) is 7.93. The smallest absolute Gasteiger partial charge is 0.241 e. The highest BCUT2D eigenvalue weighted by atomic mass is 32.2. The number of sulfonamides is 1. The summed E-state index contributed by atoms with van der Waals surface area (Å²) >= 11 is 0. The highest BCUT2D eigenvalue weighted by molar-refractivity contribution is 7.92. The number of carbonyl (C=O) groups excluding carboxylic acids is 1. The van der Waals surface area contributed by atoms with Gasteiger partial charge in [0.15, 0.2) is 11.5 Å². The maximum Gasteiger partial charge on any atom is 0.241 e. The number of benzene rings is 2. The van der Waals surface area contributed by atoms with Gasteiger partial charge in [-0.25, -0.2) is 8.42 Å². The minimum absolute atomic E-state index is 0.185. The standard InChI is InChI=1S/C18H20N2O5S/c1-13-5-3-4-6-15(13)20(26(2,22)23)11-18(21)19-10-14-7-8-16-17(9-14)25-12-24-16/h3-9H,10-12H2,1-2H3,(H,19,21). The van der Waals surface area contributed by atoms with Crippen LogP contribution in [0.5, 0.6) is 11.5 Å². The summed E-state index contributed by atoms with van der Waals surface area (Å²) in [5.41, 5.74) is 2.11. The average Bonchev–Trinajstić information content (AvgIpc) is 3.05. The third-order valence-corrected chi connectivity index (χ3v) is 5.12. The van der Waals surface area contributed by atoms with Crippen molar-refractivity contribution >= 4 is 21.6 Å². The predicted molar refractivity (Wildman–Crippen MR) is 97.8 cm³/mol. The lowest BCUT2D eigenvalue weighted by Gasteiger charge is -2.23. The zero-order valence-electron chi connectivity index (χ0n) is 14.6. The zero-order valence-corrected chi connectivity index (χ0v) is 15.4. The summed E-state index contributed by atoms with van der Waals surface area (Å²) in [5, 5.41) is 2.74. The molecule has 1 amide bonds. The van der Waals surface area contributed by atoms with Gasteiger partial charge in [-0.3, -0.25) is 9.10 Å². The molecule has 0 atom stereocenters. The van der Waals surface area contributed by atoms with Gasteiger partial charge < -0.3 is 14.8 Å². The van der Waals surface area contributed by atoms with Gasteiger partial charge in [-0.2, -0.15) is 0 Å². The average molecular weight is 376 g/mol. The number of nitrogens with one attached hydrogen (secondary N) is 1. The van der Waals surface area contributed by atoms with E-state index in [1.165, 1.54) is 0 Å². The summed E-state index contributed by atoms with van der Waals surface area (Å²) in [6.07, 6.45) is 1.09. The van der Waals surface area contributed by atoms with Crippen molar-refractivity contribution < 1.29 is 22.7 Å². The second-order valence-electron chi connectivity index (χ2n) is 6.02. The van der Waals surface area contributed by atoms with Crippen LogP contribution in [0.1, 0.15) is 11.1 Å². The van der Waals surface area contributed by atoms with Crippen LogP contribution in [-0.2, 0) is 21.4 Å². The molecule has 0 saturated carbocycles. The van der Waals surface area contributed by atoms with E-state index in [-0.39, 0.29) is 19.9 Å². The van der Waals surface area contributed by atoms with Crippen LogP contribution in [0.25, 0.3) is 0 Å². The molecule has 0 spiro atoms. The van der Waals surface area contributed by atoms with Crippen molar-refractivity contribution in [3.05, 3.63) is 53.6 Å². The Labute approximate surface area is 152 Å². The lowest BCUT2D eigenvalue weighted by Crippen LogP contribution is -2.40. The maximum absolute atomic E-state index is 12.3. The van der Waals surface area contributed by atoms with Gasteiger partial charge in [-0.05, 0) is 36.2 Å². The fourth-order valence-electron chi connectivity index (χ4n) is 2.66. The van der Waals surface area contributed by atoms with Crippen molar-refractivity contribution in [2.75, 3.05) is 23.9 Å². The van der Waals surface area contributed by atoms with E-state index >= 15 is 0 Å². The van der Waals surface area contributed by atoms with Gasteiger partial charge >= 0.3 is 0 Å². The first kappa shape index (κ1) is 18.1. The second kappa shape index (κ2) is 7.25. The first-order valence-corrected chi connectivity index (χ1v) is 9.88. The summed E-state index contributed by atoms with van der Waals surface area (Å²) in [4.78, 5) is 12.3. The van der Waals surface area contributed by atoms with E-state index in [1.54, 1.807) is 37.3 Å². The molecular weight excluding hydrogens is 356 g/mol. The summed E-state index contributed by atoms with van der Waals surface area (Å²) in [7, 11) is -3.59. The molecule has 3 rings (SSSR count). The van der Waals surface area contributed by atoms with E-state index in [0.29, 0.717) is 17.2 Å². The summed E-state index contributed by atoms with van der Waals surface area (Å²) in [6.45, 7) is 1.97. The molecule has 1 aliphatic rings. The summed E-state index contributed by atoms with van der Waals surface area (Å²) in [6, 6.07) is 12.4. The molecule has 7 nitrogen and oxygen atoms in total. The molecular formula is C18H20N2O5S. The molecule has 0 bridgehead atoms. The minimum atomic E-state index is -3.59. The van der Waals surface area contributed by atoms with Gasteiger partial charge in [0.25, 0.3) is 0 Å². The molecule has 138 valence electrons. The largest absolute Gasteiger partial charge is 0.454 e. The SMILES string of the molecule is Cc1ccccc1N(CC(=O)NCc1ccc2c(c1)OCO2)S(C)(=O)=O. The fourth-order valence-corrected chi connectivity index (χ4v) is 3.58. The van der Waals surface area contributed by atoms with Gasteiger partial charge in [0, 0.05) is 6.54 Å². The molecule has 0 fully saturated rings. The van der Waals surface area contributed by atoms with E-state index in [0.717, 1.165) is 21.7 Å². The van der Waals surface area contributed by atoms with Gasteiger partial charge in [0.05, 0.1) is 11.9 Å². The predicted octanol–water partition coefficient (Wildman–Crippen LogP) is 1.81. The van der Waals surface area contributed by atoms with Crippen LogP contribution in [0.3, 0.4) is 0 Å². The van der Waals surface area contributed by atoms with Crippen molar-refractivity contribution in [2.24, 2.45) is 0 Å². The third-order valence-electron chi connectivity index (χ3n) is 4.00. The molecule has 0 saturated heterocycles. The van der Waals surface area contributed by atoms with Crippen molar-refractivity contribution in [1.82, 2.24) is 5.32 Å². The number of ether oxygens (including phenoxy) is 2. The maximum atomic E-state index is 12.3. The Kier molecular flexibility index (Phi) is 5.03. The molecule has 1 heterocycles. The molecule has 8 heteroatoms. The molecule has 0 radical (unpaired) electrons. The Morgan fingerprint density at radius 2 is 1.88 bits per heavy atom. The first-order chi connectivity index (χ1) is 12.3. The summed E-state index contributed by atoms with van der Waals surface area (Å²) < 4.78 is 35.9. The van der Waals surface area contributed by atoms with Crippen LogP contribution in [0.2, 0.25) is 0 Å². The lowest BCUT2D eigenvalue weighted by atomic mass is 10.2. The number of aryl methyl sites for hydroxylation is 1.